The van der Waals surface area contributed by atoms with E-state index in [4.69, 9.17) is 7.85 Å². The van der Waals surface area contributed by atoms with Crippen LogP contribution < -0.4 is 0 Å². The molecule has 0 aromatic rings. The summed E-state index contributed by atoms with van der Waals surface area (Å²) in [5.74, 6) is 0. The zero-order chi connectivity index (χ0) is 7.28. The minimum absolute atomic E-state index is 0.755. The van der Waals surface area contributed by atoms with Crippen LogP contribution in [0, 0.1) is 0 Å². The molecule has 0 saturated heterocycles. The molecule has 0 nitrogen and oxygen atoms in total. The normalized spacial score (nSPS) is 10.7. The number of rotatable bonds is 2. The molecule has 0 atom stereocenters. The molecule has 0 aromatic carbocycles. The minimum Gasteiger partial charge on any atom is -0.0991 e. The molecule has 0 amide bonds. The fourth-order valence-corrected chi connectivity index (χ4v) is 0.518. The third-order valence-electron chi connectivity index (χ3n) is 0.766. The molecule has 0 fully saturated rings. The van der Waals surface area contributed by atoms with E-state index >= 15 is 0 Å². The van der Waals surface area contributed by atoms with Gasteiger partial charge in [-0.15, -0.1) is 0 Å². The molecule has 0 aliphatic rings. The van der Waals surface area contributed by atoms with Gasteiger partial charge in [-0.25, -0.2) is 0 Å². The lowest BCUT2D eigenvalue weighted by Crippen LogP contribution is -1.74. The Kier molecular flexibility index (Phi) is 3.86. The van der Waals surface area contributed by atoms with Gasteiger partial charge in [0.1, 0.15) is 7.85 Å². The summed E-state index contributed by atoms with van der Waals surface area (Å²) in [6, 6.07) is 0. The monoisotopic (exact) mass is 118 g/mol. The number of hydrogen-bond donors (Lipinski definition) is 0. The molecule has 0 saturated carbocycles. The minimum atomic E-state index is 0.755. The van der Waals surface area contributed by atoms with Gasteiger partial charge in [-0.05, 0) is 13.8 Å². The molecule has 0 aliphatic carbocycles. The van der Waals surface area contributed by atoms with Crippen LogP contribution in [-0.4, -0.2) is 7.85 Å². The predicted molar refractivity (Wildman–Crippen MR) is 43.5 cm³/mol. The number of hydrogen-bond acceptors (Lipinski definition) is 0. The van der Waals surface area contributed by atoms with Crippen LogP contribution in [0.5, 0.6) is 0 Å². The molecule has 0 spiro atoms. The molecule has 46 valence electrons. The Morgan fingerprint density at radius 2 is 2.00 bits per heavy atom. The Balaban J connectivity index is 4.05. The fourth-order valence-electron chi connectivity index (χ4n) is 0.518. The van der Waals surface area contributed by atoms with Crippen molar-refractivity contribution in [1.82, 2.24) is 0 Å². The average molecular weight is 118 g/mol. The van der Waals surface area contributed by atoms with E-state index in [1.165, 1.54) is 5.57 Å². The first kappa shape index (κ1) is 8.28. The molecule has 9 heavy (non-hydrogen) atoms. The third kappa shape index (κ3) is 5.15. The van der Waals surface area contributed by atoms with Crippen molar-refractivity contribution in [3.05, 3.63) is 35.9 Å². The van der Waals surface area contributed by atoms with Gasteiger partial charge in [0.25, 0.3) is 0 Å². The molecule has 0 heterocycles. The zero-order valence-corrected chi connectivity index (χ0v) is 6.02. The van der Waals surface area contributed by atoms with Crippen LogP contribution >= 0.6 is 0 Å². The Hall–Kier alpha value is -0.715. The summed E-state index contributed by atoms with van der Waals surface area (Å²) >= 11 is 0. The summed E-state index contributed by atoms with van der Waals surface area (Å²) in [6.45, 7) is 7.53. The summed E-state index contributed by atoms with van der Waals surface area (Å²) in [7, 11) is 5.50. The summed E-state index contributed by atoms with van der Waals surface area (Å²) in [5.41, 5.74) is 1.95. The SMILES string of the molecule is [B]/C(C=C(C)C)=C/C=C. The van der Waals surface area contributed by atoms with Gasteiger partial charge in [-0.2, -0.15) is 0 Å². The summed E-state index contributed by atoms with van der Waals surface area (Å²) in [6.07, 6.45) is 5.35. The Morgan fingerprint density at radius 1 is 1.44 bits per heavy atom. The second-order valence-electron chi connectivity index (χ2n) is 2.12. The van der Waals surface area contributed by atoms with E-state index in [9.17, 15) is 0 Å². The van der Waals surface area contributed by atoms with Crippen molar-refractivity contribution >= 4 is 7.85 Å². The molecule has 0 aromatic heterocycles. The Labute approximate surface area is 58.4 Å². The van der Waals surface area contributed by atoms with Crippen molar-refractivity contribution in [2.45, 2.75) is 13.8 Å². The molecule has 1 heteroatoms. The highest BCUT2D eigenvalue weighted by Gasteiger charge is 1.78. The standard InChI is InChI=1S/C8H11B/c1-4-5-8(9)6-7(2)3/h4-6H,1H2,2-3H3/b8-5+. The molecule has 0 bridgehead atoms. The molecular weight excluding hydrogens is 107 g/mol. The molecule has 0 unspecified atom stereocenters. The highest BCUT2D eigenvalue weighted by atomic mass is 13.8. The van der Waals surface area contributed by atoms with Crippen LogP contribution in [0.4, 0.5) is 0 Å². The van der Waals surface area contributed by atoms with Crippen molar-refractivity contribution in [3.63, 3.8) is 0 Å². The average Bonchev–Trinajstić information content (AvgIpc) is 1.63. The smallest absolute Gasteiger partial charge is 0.0991 e. The van der Waals surface area contributed by atoms with Crippen LogP contribution in [0.1, 0.15) is 13.8 Å². The lowest BCUT2D eigenvalue weighted by atomic mass is 9.93. The maximum Gasteiger partial charge on any atom is 0.113 e. The highest BCUT2D eigenvalue weighted by Crippen LogP contribution is 1.96. The first-order valence-electron chi connectivity index (χ1n) is 2.90. The van der Waals surface area contributed by atoms with Crippen LogP contribution in [0.3, 0.4) is 0 Å². The van der Waals surface area contributed by atoms with Gasteiger partial charge >= 0.3 is 0 Å². The van der Waals surface area contributed by atoms with Gasteiger partial charge in [0, 0.05) is 0 Å². The third-order valence-corrected chi connectivity index (χ3v) is 0.766. The predicted octanol–water partition coefficient (Wildman–Crippen LogP) is 2.19. The van der Waals surface area contributed by atoms with E-state index in [1.54, 1.807) is 12.2 Å². The maximum absolute atomic E-state index is 5.50. The van der Waals surface area contributed by atoms with Gasteiger partial charge in [-0.3, -0.25) is 0 Å². The van der Waals surface area contributed by atoms with Crippen molar-refractivity contribution in [2.24, 2.45) is 0 Å². The van der Waals surface area contributed by atoms with Crippen molar-refractivity contribution in [2.75, 3.05) is 0 Å². The van der Waals surface area contributed by atoms with Crippen molar-refractivity contribution in [3.8, 4) is 0 Å². The van der Waals surface area contributed by atoms with E-state index in [0.29, 0.717) is 0 Å². The van der Waals surface area contributed by atoms with E-state index < -0.39 is 0 Å². The first-order valence-corrected chi connectivity index (χ1v) is 2.90. The van der Waals surface area contributed by atoms with Gasteiger partial charge in [0.05, 0.1) is 0 Å². The van der Waals surface area contributed by atoms with E-state index in [0.717, 1.165) is 5.47 Å². The molecule has 0 aliphatic heterocycles. The van der Waals surface area contributed by atoms with Crippen LogP contribution in [0.25, 0.3) is 0 Å². The second kappa shape index (κ2) is 4.19. The Bertz CT molecular complexity index is 148. The van der Waals surface area contributed by atoms with Crippen molar-refractivity contribution < 1.29 is 0 Å². The summed E-state index contributed by atoms with van der Waals surface area (Å²) in [5, 5.41) is 0. The van der Waals surface area contributed by atoms with Crippen LogP contribution in [0.2, 0.25) is 0 Å². The van der Waals surface area contributed by atoms with E-state index in [2.05, 4.69) is 6.58 Å². The second-order valence-corrected chi connectivity index (χ2v) is 2.12. The fraction of sp³-hybridized carbons (Fsp3) is 0.250. The summed E-state index contributed by atoms with van der Waals surface area (Å²) in [4.78, 5) is 0. The maximum atomic E-state index is 5.50. The Morgan fingerprint density at radius 3 is 2.33 bits per heavy atom. The molecule has 0 rings (SSSR count). The van der Waals surface area contributed by atoms with E-state index in [1.807, 2.05) is 19.9 Å². The quantitative estimate of drug-likeness (QED) is 0.385. The van der Waals surface area contributed by atoms with Gasteiger partial charge < -0.3 is 0 Å². The lowest BCUT2D eigenvalue weighted by Gasteiger charge is -1.89. The topological polar surface area (TPSA) is 0 Å². The lowest BCUT2D eigenvalue weighted by molar-refractivity contribution is 1.39. The largest absolute Gasteiger partial charge is 0.113 e. The van der Waals surface area contributed by atoms with Crippen molar-refractivity contribution in [1.29, 1.82) is 0 Å². The molecule has 2 radical (unpaired) electrons. The van der Waals surface area contributed by atoms with Gasteiger partial charge in [0.15, 0.2) is 0 Å². The number of allylic oxidation sites excluding steroid dienone is 5. The van der Waals surface area contributed by atoms with Gasteiger partial charge in [0.2, 0.25) is 0 Å². The highest BCUT2D eigenvalue weighted by molar-refractivity contribution is 6.23. The summed E-state index contributed by atoms with van der Waals surface area (Å²) < 4.78 is 0. The van der Waals surface area contributed by atoms with Gasteiger partial charge in [-0.1, -0.05) is 35.9 Å². The molecule has 0 N–H and O–H groups in total. The van der Waals surface area contributed by atoms with Crippen LogP contribution in [0.15, 0.2) is 35.9 Å². The zero-order valence-electron chi connectivity index (χ0n) is 6.02. The van der Waals surface area contributed by atoms with E-state index in [-0.39, 0.29) is 0 Å². The van der Waals surface area contributed by atoms with Crippen LogP contribution in [-0.2, 0) is 0 Å². The first-order chi connectivity index (χ1) is 4.16. The molecular formula is C8H11B.